The van der Waals surface area contributed by atoms with Gasteiger partial charge in [-0.25, -0.2) is 4.79 Å². The average Bonchev–Trinajstić information content (AvgIpc) is 3.37. The second-order valence-electron chi connectivity index (χ2n) is 20.3. The molecule has 6 unspecified atom stereocenters. The van der Waals surface area contributed by atoms with Crippen LogP contribution >= 0.6 is 0 Å². The number of rotatable bonds is 50. The lowest BCUT2D eigenvalue weighted by molar-refractivity contribution is -0.301. The van der Waals surface area contributed by atoms with Crippen molar-refractivity contribution in [2.24, 2.45) is 0 Å². The standard InChI is InChI=1S/C61H106O12/c1-4-7-10-13-16-19-21-23-25-26-27-28-30-32-34-37-40-43-46-49-55(64)72-59-57(66)56(65)58(60(67)68)73-61(59)70-51-52(71-54(63)48-45-42-39-35-18-15-12-9-6-3)50-69-53(62)47-44-41-38-36-33-31-29-24-22-20-17-14-11-8-5-2/h8,11,17,20,24,29,33,36,52,56-59,61,65-66H,4-7,9-10,12-16,18-19,21-23,25-28,30-32,34-35,37-51H2,1-3H3,(H,67,68)/b11-8-,20-17-,29-24-,36-33-. The van der Waals surface area contributed by atoms with E-state index in [2.05, 4.69) is 69.4 Å². The Bertz CT molecular complexity index is 1460. The van der Waals surface area contributed by atoms with E-state index < -0.39 is 67.3 Å². The molecule has 0 saturated carbocycles. The highest BCUT2D eigenvalue weighted by molar-refractivity contribution is 5.74. The third-order valence-corrected chi connectivity index (χ3v) is 13.4. The fourth-order valence-electron chi connectivity index (χ4n) is 8.89. The number of allylic oxidation sites excluding steroid dienone is 8. The van der Waals surface area contributed by atoms with Crippen LogP contribution < -0.4 is 0 Å². The lowest BCUT2D eigenvalue weighted by atomic mass is 9.98. The van der Waals surface area contributed by atoms with Gasteiger partial charge >= 0.3 is 23.9 Å². The molecule has 73 heavy (non-hydrogen) atoms. The summed E-state index contributed by atoms with van der Waals surface area (Å²) >= 11 is 0. The number of carboxylic acid groups (broad SMARTS) is 1. The van der Waals surface area contributed by atoms with Gasteiger partial charge in [0.2, 0.25) is 0 Å². The number of carbonyl (C=O) groups excluding carboxylic acids is 3. The Labute approximate surface area is 443 Å². The van der Waals surface area contributed by atoms with Crippen LogP contribution in [-0.2, 0) is 42.9 Å². The van der Waals surface area contributed by atoms with E-state index in [-0.39, 0.29) is 25.9 Å². The first-order valence-electron chi connectivity index (χ1n) is 29.6. The Balaban J connectivity index is 2.64. The molecule has 0 aliphatic carbocycles. The predicted molar refractivity (Wildman–Crippen MR) is 294 cm³/mol. The zero-order valence-electron chi connectivity index (χ0n) is 46.4. The summed E-state index contributed by atoms with van der Waals surface area (Å²) in [5.74, 6) is -3.16. The topological polar surface area (TPSA) is 175 Å². The van der Waals surface area contributed by atoms with E-state index in [0.29, 0.717) is 19.3 Å². The SMILES string of the molecule is CC/C=C\C/C=C\C/C=C\C/C=C\CCCCC(=O)OCC(COC1OC(C(=O)O)C(O)C(O)C1OC(=O)CCCCCCCCCCCCCCCCCCCCC)OC(=O)CCCCCCCCCCC. The molecule has 1 aliphatic heterocycles. The first kappa shape index (κ1) is 67.7. The minimum absolute atomic E-state index is 0.0613. The van der Waals surface area contributed by atoms with Gasteiger partial charge in [0.25, 0.3) is 0 Å². The number of hydrogen-bond acceptors (Lipinski definition) is 11. The van der Waals surface area contributed by atoms with Crippen LogP contribution in [0.1, 0.15) is 265 Å². The summed E-state index contributed by atoms with van der Waals surface area (Å²) in [5, 5.41) is 31.4. The molecule has 3 N–H and O–H groups in total. The molecule has 0 spiro atoms. The van der Waals surface area contributed by atoms with Gasteiger partial charge in [-0.05, 0) is 57.8 Å². The van der Waals surface area contributed by atoms with Crippen molar-refractivity contribution in [1.29, 1.82) is 0 Å². The summed E-state index contributed by atoms with van der Waals surface area (Å²) in [6.45, 7) is 5.83. The largest absolute Gasteiger partial charge is 0.479 e. The average molecular weight is 1030 g/mol. The molecule has 0 aromatic rings. The second-order valence-corrected chi connectivity index (χ2v) is 20.3. The van der Waals surface area contributed by atoms with Gasteiger partial charge in [-0.15, -0.1) is 0 Å². The summed E-state index contributed by atoms with van der Waals surface area (Å²) < 4.78 is 28.3. The maximum Gasteiger partial charge on any atom is 0.335 e. The quantitative estimate of drug-likeness (QED) is 0.0228. The number of aliphatic hydroxyl groups excluding tert-OH is 2. The van der Waals surface area contributed by atoms with Gasteiger partial charge in [0.05, 0.1) is 6.61 Å². The minimum Gasteiger partial charge on any atom is -0.479 e. The fourth-order valence-corrected chi connectivity index (χ4v) is 8.89. The van der Waals surface area contributed by atoms with Gasteiger partial charge < -0.3 is 39.0 Å². The van der Waals surface area contributed by atoms with E-state index in [4.69, 9.17) is 23.7 Å². The summed E-state index contributed by atoms with van der Waals surface area (Å²) in [5.41, 5.74) is 0. The van der Waals surface area contributed by atoms with Crippen LogP contribution in [-0.4, -0.2) is 89.2 Å². The summed E-state index contributed by atoms with van der Waals surface area (Å²) in [4.78, 5) is 51.0. The molecule has 0 aromatic heterocycles. The molecule has 1 heterocycles. The zero-order chi connectivity index (χ0) is 53.3. The molecule has 6 atom stereocenters. The Kier molecular flexibility index (Phi) is 45.9. The van der Waals surface area contributed by atoms with Gasteiger partial charge in [0.1, 0.15) is 18.8 Å². The maximum absolute atomic E-state index is 13.1. The van der Waals surface area contributed by atoms with E-state index in [0.717, 1.165) is 83.5 Å². The Morgan fingerprint density at radius 3 is 1.32 bits per heavy atom. The molecule has 1 aliphatic rings. The summed E-state index contributed by atoms with van der Waals surface area (Å²) in [7, 11) is 0. The molecule has 0 amide bonds. The molecule has 1 saturated heterocycles. The normalized spacial score (nSPS) is 18.6. The number of aliphatic carboxylic acids is 1. The van der Waals surface area contributed by atoms with Crippen molar-refractivity contribution >= 4 is 23.9 Å². The van der Waals surface area contributed by atoms with Crippen molar-refractivity contribution in [2.45, 2.75) is 302 Å². The van der Waals surface area contributed by atoms with Crippen molar-refractivity contribution in [3.8, 4) is 0 Å². The lowest BCUT2D eigenvalue weighted by Gasteiger charge is -2.40. The number of carbonyl (C=O) groups is 4. The lowest BCUT2D eigenvalue weighted by Crippen LogP contribution is -2.61. The molecule has 0 radical (unpaired) electrons. The van der Waals surface area contributed by atoms with Gasteiger partial charge in [0, 0.05) is 19.3 Å². The van der Waals surface area contributed by atoms with Crippen molar-refractivity contribution in [3.63, 3.8) is 0 Å². The molecular formula is C61H106O12. The fraction of sp³-hybridized carbons (Fsp3) is 0.803. The molecular weight excluding hydrogens is 925 g/mol. The summed E-state index contributed by atoms with van der Waals surface area (Å²) in [6, 6.07) is 0. The maximum atomic E-state index is 13.1. The molecule has 1 rings (SSSR count). The highest BCUT2D eigenvalue weighted by Gasteiger charge is 2.50. The number of hydrogen-bond donors (Lipinski definition) is 3. The van der Waals surface area contributed by atoms with Crippen LogP contribution in [0.25, 0.3) is 0 Å². The van der Waals surface area contributed by atoms with Crippen molar-refractivity contribution in [3.05, 3.63) is 48.6 Å². The Hall–Kier alpha value is -3.32. The predicted octanol–water partition coefficient (Wildman–Crippen LogP) is 15.0. The van der Waals surface area contributed by atoms with Crippen LogP contribution in [0.15, 0.2) is 48.6 Å². The summed E-state index contributed by atoms with van der Waals surface area (Å²) in [6.07, 6.45) is 46.7. The number of aliphatic hydroxyl groups is 2. The zero-order valence-corrected chi connectivity index (χ0v) is 46.4. The van der Waals surface area contributed by atoms with Crippen molar-refractivity contribution in [2.75, 3.05) is 13.2 Å². The third-order valence-electron chi connectivity index (χ3n) is 13.4. The van der Waals surface area contributed by atoms with Crippen LogP contribution in [0.3, 0.4) is 0 Å². The smallest absolute Gasteiger partial charge is 0.335 e. The molecule has 1 fully saturated rings. The molecule has 422 valence electrons. The first-order chi connectivity index (χ1) is 35.6. The highest BCUT2D eigenvalue weighted by atomic mass is 16.7. The van der Waals surface area contributed by atoms with Crippen molar-refractivity contribution < 1.29 is 58.2 Å². The number of carboxylic acids is 1. The van der Waals surface area contributed by atoms with Crippen LogP contribution in [0, 0.1) is 0 Å². The molecule has 12 heteroatoms. The molecule has 12 nitrogen and oxygen atoms in total. The Morgan fingerprint density at radius 1 is 0.466 bits per heavy atom. The number of esters is 3. The van der Waals surface area contributed by atoms with E-state index in [9.17, 15) is 34.5 Å². The van der Waals surface area contributed by atoms with Gasteiger partial charge in [0.15, 0.2) is 24.6 Å². The van der Waals surface area contributed by atoms with Gasteiger partial charge in [-0.3, -0.25) is 14.4 Å². The van der Waals surface area contributed by atoms with Crippen LogP contribution in [0.4, 0.5) is 0 Å². The van der Waals surface area contributed by atoms with E-state index in [1.165, 1.54) is 122 Å². The van der Waals surface area contributed by atoms with E-state index in [1.807, 2.05) is 0 Å². The van der Waals surface area contributed by atoms with Crippen molar-refractivity contribution in [1.82, 2.24) is 0 Å². The van der Waals surface area contributed by atoms with Gasteiger partial charge in [-0.2, -0.15) is 0 Å². The van der Waals surface area contributed by atoms with E-state index in [1.54, 1.807) is 0 Å². The number of unbranched alkanes of at least 4 members (excludes halogenated alkanes) is 28. The van der Waals surface area contributed by atoms with Gasteiger partial charge in [-0.1, -0.05) is 236 Å². The molecule has 0 aromatic carbocycles. The highest BCUT2D eigenvalue weighted by Crippen LogP contribution is 2.26. The third kappa shape index (κ3) is 39.7. The van der Waals surface area contributed by atoms with Crippen LogP contribution in [0.2, 0.25) is 0 Å². The number of ether oxygens (including phenoxy) is 5. The van der Waals surface area contributed by atoms with E-state index >= 15 is 0 Å². The monoisotopic (exact) mass is 1030 g/mol. The first-order valence-corrected chi connectivity index (χ1v) is 29.6. The minimum atomic E-state index is -1.90. The Morgan fingerprint density at radius 2 is 0.863 bits per heavy atom. The molecule has 0 bridgehead atoms. The van der Waals surface area contributed by atoms with Crippen LogP contribution in [0.5, 0.6) is 0 Å². The second kappa shape index (κ2) is 49.6.